The number of carbonyl (C=O) groups excluding carboxylic acids is 2. The van der Waals surface area contributed by atoms with Gasteiger partial charge < -0.3 is 4.74 Å². The second-order valence-corrected chi connectivity index (χ2v) is 5.62. The van der Waals surface area contributed by atoms with Crippen molar-refractivity contribution in [1.82, 2.24) is 0 Å². The van der Waals surface area contributed by atoms with Crippen LogP contribution in [-0.4, -0.2) is 17.9 Å². The molecule has 0 radical (unpaired) electrons. The Morgan fingerprint density at radius 1 is 1.11 bits per heavy atom. The zero-order chi connectivity index (χ0) is 14.8. The lowest BCUT2D eigenvalue weighted by atomic mass is 9.45. The van der Waals surface area contributed by atoms with E-state index in [1.807, 2.05) is 27.7 Å². The number of hydrogen-bond donors (Lipinski definition) is 0. The predicted octanol–water partition coefficient (Wildman–Crippen LogP) is 3.67. The summed E-state index contributed by atoms with van der Waals surface area (Å²) in [5, 5.41) is 0. The monoisotopic (exact) mass is 266 g/mol. The van der Waals surface area contributed by atoms with Gasteiger partial charge >= 0.3 is 5.97 Å². The van der Waals surface area contributed by atoms with Crippen LogP contribution in [0.15, 0.2) is 12.2 Å². The van der Waals surface area contributed by atoms with Gasteiger partial charge in [0.15, 0.2) is 5.78 Å². The van der Waals surface area contributed by atoms with E-state index in [2.05, 4.69) is 6.58 Å². The minimum Gasteiger partial charge on any atom is -0.457 e. The molecule has 1 saturated carbocycles. The highest BCUT2D eigenvalue weighted by atomic mass is 16.5. The van der Waals surface area contributed by atoms with Gasteiger partial charge in [-0.3, -0.25) is 4.79 Å². The van der Waals surface area contributed by atoms with Crippen LogP contribution in [0.4, 0.5) is 0 Å². The summed E-state index contributed by atoms with van der Waals surface area (Å²) >= 11 is 0. The van der Waals surface area contributed by atoms with Crippen molar-refractivity contribution in [3.63, 3.8) is 0 Å². The van der Waals surface area contributed by atoms with E-state index >= 15 is 0 Å². The lowest BCUT2D eigenvalue weighted by molar-refractivity contribution is -0.210. The van der Waals surface area contributed by atoms with Crippen LogP contribution in [0.1, 0.15) is 60.3 Å². The van der Waals surface area contributed by atoms with Gasteiger partial charge in [0.05, 0.1) is 10.8 Å². The fraction of sp³-hybridized carbons (Fsp3) is 0.750. The van der Waals surface area contributed by atoms with Crippen molar-refractivity contribution in [1.29, 1.82) is 0 Å². The molecule has 108 valence electrons. The van der Waals surface area contributed by atoms with Gasteiger partial charge in [0.2, 0.25) is 0 Å². The van der Waals surface area contributed by atoms with E-state index in [9.17, 15) is 9.59 Å². The fourth-order valence-electron chi connectivity index (χ4n) is 3.50. The molecule has 0 atom stereocenters. The van der Waals surface area contributed by atoms with E-state index in [1.165, 1.54) is 0 Å². The van der Waals surface area contributed by atoms with Gasteiger partial charge in [-0.2, -0.15) is 0 Å². The third-order valence-corrected chi connectivity index (χ3v) is 5.01. The summed E-state index contributed by atoms with van der Waals surface area (Å²) in [7, 11) is 0. The molecular weight excluding hydrogens is 240 g/mol. The van der Waals surface area contributed by atoms with E-state index < -0.39 is 10.8 Å². The van der Waals surface area contributed by atoms with E-state index in [1.54, 1.807) is 6.92 Å². The van der Waals surface area contributed by atoms with Crippen molar-refractivity contribution in [3.8, 4) is 0 Å². The lowest BCUT2D eigenvalue weighted by Crippen LogP contribution is -2.70. The highest BCUT2D eigenvalue weighted by Gasteiger charge is 2.69. The van der Waals surface area contributed by atoms with Crippen LogP contribution >= 0.6 is 0 Å². The average Bonchev–Trinajstić information content (AvgIpc) is 2.41. The summed E-state index contributed by atoms with van der Waals surface area (Å²) in [5.41, 5.74) is -0.588. The smallest absolute Gasteiger partial charge is 0.333 e. The number of ether oxygens (including phenoxy) is 1. The number of ketones is 1. The first-order valence-electron chi connectivity index (χ1n) is 7.27. The van der Waals surface area contributed by atoms with Gasteiger partial charge in [-0.15, -0.1) is 0 Å². The molecule has 0 heterocycles. The Balaban J connectivity index is 3.14. The summed E-state index contributed by atoms with van der Waals surface area (Å²) in [6.07, 6.45) is 2.58. The van der Waals surface area contributed by atoms with E-state index in [0.717, 1.165) is 25.7 Å². The second kappa shape index (κ2) is 5.48. The van der Waals surface area contributed by atoms with Crippen molar-refractivity contribution >= 4 is 11.8 Å². The zero-order valence-electron chi connectivity index (χ0n) is 12.8. The van der Waals surface area contributed by atoms with E-state index in [0.29, 0.717) is 5.57 Å². The molecule has 1 fully saturated rings. The van der Waals surface area contributed by atoms with Crippen molar-refractivity contribution in [2.45, 2.75) is 66.4 Å². The number of esters is 1. The third kappa shape index (κ3) is 2.03. The van der Waals surface area contributed by atoms with Crippen LogP contribution in [-0.2, 0) is 14.3 Å². The van der Waals surface area contributed by atoms with Crippen LogP contribution in [0.5, 0.6) is 0 Å². The Labute approximate surface area is 116 Å². The van der Waals surface area contributed by atoms with Crippen molar-refractivity contribution < 1.29 is 14.3 Å². The number of hydrogen-bond acceptors (Lipinski definition) is 3. The number of carbonyl (C=O) groups is 2. The third-order valence-electron chi connectivity index (χ3n) is 5.01. The van der Waals surface area contributed by atoms with Gasteiger partial charge in [0, 0.05) is 5.57 Å². The standard InChI is InChI=1S/C16H26O3/c1-7-15(8-2)13(18)16(9-3,10-4)14(15)19-12(17)11(5)6/h14H,5,7-10H2,1-4,6H3. The SMILES string of the molecule is C=C(C)C(=O)OC1C(CC)(CC)C(=O)C1(CC)CC. The average molecular weight is 266 g/mol. The Morgan fingerprint density at radius 3 is 1.74 bits per heavy atom. The van der Waals surface area contributed by atoms with Gasteiger partial charge in [-0.25, -0.2) is 4.79 Å². The van der Waals surface area contributed by atoms with Crippen LogP contribution in [0, 0.1) is 10.8 Å². The first kappa shape index (κ1) is 15.9. The highest BCUT2D eigenvalue weighted by molar-refractivity contribution is 5.99. The summed E-state index contributed by atoms with van der Waals surface area (Å²) in [6.45, 7) is 13.3. The molecule has 0 N–H and O–H groups in total. The molecule has 19 heavy (non-hydrogen) atoms. The fourth-order valence-corrected chi connectivity index (χ4v) is 3.50. The topological polar surface area (TPSA) is 43.4 Å². The molecular formula is C16H26O3. The Bertz CT molecular complexity index is 365. The van der Waals surface area contributed by atoms with Crippen LogP contribution in [0.2, 0.25) is 0 Å². The van der Waals surface area contributed by atoms with Crippen LogP contribution in [0.3, 0.4) is 0 Å². The second-order valence-electron chi connectivity index (χ2n) is 5.62. The van der Waals surface area contributed by atoms with Gasteiger partial charge in [-0.05, 0) is 32.6 Å². The maximum atomic E-state index is 12.7. The maximum Gasteiger partial charge on any atom is 0.333 e. The summed E-state index contributed by atoms with van der Waals surface area (Å²) in [4.78, 5) is 24.5. The molecule has 0 unspecified atom stereocenters. The molecule has 0 bridgehead atoms. The van der Waals surface area contributed by atoms with Crippen molar-refractivity contribution in [3.05, 3.63) is 12.2 Å². The Hall–Kier alpha value is -1.12. The first-order valence-corrected chi connectivity index (χ1v) is 7.27. The molecule has 0 spiro atoms. The molecule has 1 aliphatic rings. The highest BCUT2D eigenvalue weighted by Crippen LogP contribution is 2.59. The molecule has 0 saturated heterocycles. The molecule has 1 aliphatic carbocycles. The summed E-state index contributed by atoms with van der Waals surface area (Å²) in [5.74, 6) is -0.107. The van der Waals surface area contributed by atoms with Crippen LogP contribution in [0.25, 0.3) is 0 Å². The van der Waals surface area contributed by atoms with Crippen LogP contribution < -0.4 is 0 Å². The largest absolute Gasteiger partial charge is 0.457 e. The van der Waals surface area contributed by atoms with Crippen molar-refractivity contribution in [2.24, 2.45) is 10.8 Å². The molecule has 0 amide bonds. The van der Waals surface area contributed by atoms with Gasteiger partial charge in [0.25, 0.3) is 0 Å². The molecule has 3 nitrogen and oxygen atoms in total. The summed E-state index contributed by atoms with van der Waals surface area (Å²) < 4.78 is 5.65. The lowest BCUT2D eigenvalue weighted by Gasteiger charge is -2.59. The molecule has 0 aliphatic heterocycles. The number of rotatable bonds is 6. The number of Topliss-reactive ketones (excluding diaryl/α,β-unsaturated/α-hetero) is 1. The quantitative estimate of drug-likeness (QED) is 0.544. The molecule has 0 aromatic rings. The first-order chi connectivity index (χ1) is 8.86. The maximum absolute atomic E-state index is 12.7. The Morgan fingerprint density at radius 2 is 1.47 bits per heavy atom. The van der Waals surface area contributed by atoms with E-state index in [4.69, 9.17) is 4.74 Å². The molecule has 1 rings (SSSR count). The predicted molar refractivity (Wildman–Crippen MR) is 75.7 cm³/mol. The molecule has 0 aromatic heterocycles. The minimum atomic E-state index is -0.489. The molecule has 3 heteroatoms. The van der Waals surface area contributed by atoms with Gasteiger partial charge in [0.1, 0.15) is 6.10 Å². The van der Waals surface area contributed by atoms with Crippen molar-refractivity contribution in [2.75, 3.05) is 0 Å². The Kier molecular flexibility index (Phi) is 4.59. The zero-order valence-corrected chi connectivity index (χ0v) is 12.8. The minimum absolute atomic E-state index is 0.273. The normalized spacial score (nSPS) is 20.8. The molecule has 0 aromatic carbocycles. The van der Waals surface area contributed by atoms with Gasteiger partial charge in [-0.1, -0.05) is 34.3 Å². The summed E-state index contributed by atoms with van der Waals surface area (Å²) in [6, 6.07) is 0. The van der Waals surface area contributed by atoms with E-state index in [-0.39, 0.29) is 17.9 Å².